The van der Waals surface area contributed by atoms with Crippen LogP contribution in [0.3, 0.4) is 0 Å². The van der Waals surface area contributed by atoms with E-state index in [1.165, 1.54) is 193 Å². The minimum absolute atomic E-state index is 0. The van der Waals surface area contributed by atoms with Crippen LogP contribution in [0.15, 0.2) is 78.4 Å². The summed E-state index contributed by atoms with van der Waals surface area (Å²) in [5.41, 5.74) is 11.2. The maximum absolute atomic E-state index is 2.91. The first-order chi connectivity index (χ1) is 31.2. The molecule has 4 rings (SSSR count). The second-order valence-corrected chi connectivity index (χ2v) is 26.7. The van der Waals surface area contributed by atoms with Crippen LogP contribution in [0.25, 0.3) is 0 Å². The molecule has 374 valence electrons. The minimum Gasteiger partial charge on any atom is -1.00 e. The van der Waals surface area contributed by atoms with Crippen molar-refractivity contribution in [1.82, 2.24) is 0 Å². The first-order valence-corrected chi connectivity index (χ1v) is 30.5. The Kier molecular flexibility index (Phi) is 34.3. The molecule has 67 heavy (non-hydrogen) atoms. The average Bonchev–Trinajstić information content (AvgIpc) is 3.70. The number of benzene rings is 3. The minimum atomic E-state index is -2.91. The summed E-state index contributed by atoms with van der Waals surface area (Å²) in [5, 5.41) is 5.06. The van der Waals surface area contributed by atoms with Gasteiger partial charge in [-0.2, -0.15) is 0 Å². The second-order valence-electron chi connectivity index (χ2n) is 20.7. The van der Waals surface area contributed by atoms with E-state index < -0.39 is 8.07 Å². The summed E-state index contributed by atoms with van der Waals surface area (Å²) in [6.45, 7) is 19.1. The molecule has 0 nitrogen and oxygen atoms in total. The molecule has 0 N–H and O–H groups in total. The molecule has 1 aliphatic carbocycles. The largest absolute Gasteiger partial charge is 1.00 e. The van der Waals surface area contributed by atoms with E-state index in [0.717, 1.165) is 0 Å². The summed E-state index contributed by atoms with van der Waals surface area (Å²) in [6.07, 6.45) is 46.5. The molecule has 0 fully saturated rings. The van der Waals surface area contributed by atoms with Crippen molar-refractivity contribution in [2.45, 2.75) is 251 Å². The van der Waals surface area contributed by atoms with E-state index in [1.54, 1.807) is 54.5 Å². The predicted molar refractivity (Wildman–Crippen MR) is 286 cm³/mol. The summed E-state index contributed by atoms with van der Waals surface area (Å²) in [5.74, 6) is 0.467. The Bertz CT molecular complexity index is 1570. The monoisotopic (exact) mass is 1020 g/mol. The first kappa shape index (κ1) is 64.0. The van der Waals surface area contributed by atoms with Gasteiger partial charge in [-0.1, -0.05) is 0 Å². The Morgan fingerprint density at radius 2 is 0.612 bits per heavy atom. The SMILES string of the molecule is CCCCCCc1cc(CCCCCC)cc([Si](c2cc(CCCCCC)cc(CCCCCC)c2)(c2cc(CCCCCC)cc(CCCCCC)c2)[C]2([Ti+3])C=CC=C2C(C)C)c1.[Cl-].[Cl-].[Cl-]. The molecule has 0 heterocycles. The number of aryl methyl sites for hydroxylation is 6. The molecule has 1 aliphatic rings. The summed E-state index contributed by atoms with van der Waals surface area (Å²) in [4.78, 5) is 0. The summed E-state index contributed by atoms with van der Waals surface area (Å²) in [6, 6.07) is 24.9. The number of hydrogen-bond acceptors (Lipinski definition) is 0. The van der Waals surface area contributed by atoms with Gasteiger partial charge in [-0.05, 0) is 0 Å². The maximum Gasteiger partial charge on any atom is -1.00 e. The van der Waals surface area contributed by atoms with Gasteiger partial charge in [-0.25, -0.2) is 0 Å². The fourth-order valence-electron chi connectivity index (χ4n) is 11.0. The van der Waals surface area contributed by atoms with Crippen molar-refractivity contribution in [3.8, 4) is 0 Å². The Morgan fingerprint density at radius 1 is 0.373 bits per heavy atom. The smallest absolute Gasteiger partial charge is 1.00 e. The Hall–Kier alpha value is -1.06. The van der Waals surface area contributed by atoms with Gasteiger partial charge >= 0.3 is 413 Å². The van der Waals surface area contributed by atoms with Crippen LogP contribution >= 0.6 is 0 Å². The van der Waals surface area contributed by atoms with Crippen LogP contribution in [0, 0.1) is 5.92 Å². The molecule has 0 saturated carbocycles. The van der Waals surface area contributed by atoms with Crippen molar-refractivity contribution in [2.24, 2.45) is 5.92 Å². The van der Waals surface area contributed by atoms with Crippen LogP contribution in [0.4, 0.5) is 0 Å². The Balaban J connectivity index is 0.00000748. The standard InChI is InChI=1S/C62H97Si.3ClH.Ti/c1-9-15-21-27-34-52-42-53(35-28-22-16-10-2)46-58(45-52)63(62-41-33-40-61(62)51(7)8,59-47-54(36-29-23-17-11-3)43-55(48-59)37-30-24-18-12-4)60-49-56(38-31-25-19-13-5)44-57(50-60)39-32-26-20-14-6;;;;/h33,40-51H,9-32,34-39H2,1-8H3;3*1H;/q;;;;+3/p-3. The molecule has 0 amide bonds. The van der Waals surface area contributed by atoms with Gasteiger partial charge < -0.3 is 37.2 Å². The van der Waals surface area contributed by atoms with E-state index >= 15 is 0 Å². The summed E-state index contributed by atoms with van der Waals surface area (Å²) in [7, 11) is -2.91. The van der Waals surface area contributed by atoms with E-state index in [4.69, 9.17) is 0 Å². The number of rotatable bonds is 35. The van der Waals surface area contributed by atoms with E-state index in [9.17, 15) is 0 Å². The third-order valence-electron chi connectivity index (χ3n) is 14.7. The van der Waals surface area contributed by atoms with Crippen LogP contribution < -0.4 is 52.8 Å². The second kappa shape index (κ2) is 35.9. The fourth-order valence-corrected chi connectivity index (χ4v) is 19.7. The van der Waals surface area contributed by atoms with Gasteiger partial charge in [0.15, 0.2) is 0 Å². The normalized spacial score (nSPS) is 14.5. The van der Waals surface area contributed by atoms with Crippen molar-refractivity contribution in [3.05, 3.63) is 112 Å². The average molecular weight is 1020 g/mol. The van der Waals surface area contributed by atoms with Gasteiger partial charge in [-0.15, -0.1) is 0 Å². The molecule has 0 radical (unpaired) electrons. The third kappa shape index (κ3) is 19.5. The topological polar surface area (TPSA) is 0 Å². The molecule has 3 aromatic rings. The number of allylic oxidation sites excluding steroid dienone is 4. The predicted octanol–water partition coefficient (Wildman–Crippen LogP) is 8.30. The summed E-state index contributed by atoms with van der Waals surface area (Å²) >= 11 is 2.73. The number of unbranched alkanes of at least 4 members (excludes halogenated alkanes) is 18. The maximum atomic E-state index is 2.81. The Morgan fingerprint density at radius 3 is 0.821 bits per heavy atom. The van der Waals surface area contributed by atoms with Crippen LogP contribution in [0.1, 0.15) is 243 Å². The Labute approximate surface area is 447 Å². The zero-order valence-corrected chi connectivity index (χ0v) is 49.2. The van der Waals surface area contributed by atoms with Gasteiger partial charge in [0.1, 0.15) is 0 Å². The molecule has 0 aliphatic heterocycles. The van der Waals surface area contributed by atoms with Crippen molar-refractivity contribution >= 4 is 23.6 Å². The van der Waals surface area contributed by atoms with Crippen molar-refractivity contribution in [1.29, 1.82) is 0 Å². The molecule has 5 heteroatoms. The zero-order valence-electron chi connectivity index (χ0n) is 44.4. The van der Waals surface area contributed by atoms with Crippen LogP contribution in [0.5, 0.6) is 0 Å². The summed E-state index contributed by atoms with van der Waals surface area (Å²) < 4.78 is -0.109. The quantitative estimate of drug-likeness (QED) is 0.0317. The van der Waals surface area contributed by atoms with E-state index in [0.29, 0.717) is 5.92 Å². The van der Waals surface area contributed by atoms with E-state index in [1.807, 2.05) is 0 Å². The van der Waals surface area contributed by atoms with Gasteiger partial charge in [0.2, 0.25) is 0 Å². The van der Waals surface area contributed by atoms with Crippen molar-refractivity contribution in [2.75, 3.05) is 0 Å². The van der Waals surface area contributed by atoms with Gasteiger partial charge in [0.05, 0.1) is 0 Å². The number of hydrogen-bond donors (Lipinski definition) is 0. The van der Waals surface area contributed by atoms with Gasteiger partial charge in [-0.3, -0.25) is 0 Å². The molecular weight excluding hydrogens is 927 g/mol. The molecule has 3 aromatic carbocycles. The molecule has 0 spiro atoms. The van der Waals surface area contributed by atoms with Crippen LogP contribution in [-0.2, 0) is 59.0 Å². The zero-order chi connectivity index (χ0) is 46.0. The van der Waals surface area contributed by atoms with Gasteiger partial charge in [0.25, 0.3) is 0 Å². The van der Waals surface area contributed by atoms with E-state index in [2.05, 4.69) is 149 Å². The number of halogens is 3. The van der Waals surface area contributed by atoms with Gasteiger partial charge in [0, 0.05) is 0 Å². The van der Waals surface area contributed by atoms with Crippen molar-refractivity contribution < 1.29 is 57.7 Å². The fraction of sp³-hybridized carbons (Fsp3) is 0.645. The molecule has 1 atom stereocenters. The molecular formula is C62H97Cl3SiTi. The van der Waals surface area contributed by atoms with Crippen LogP contribution in [0.2, 0.25) is 3.34 Å². The third-order valence-corrected chi connectivity index (χ3v) is 22.2. The molecule has 0 bridgehead atoms. The van der Waals surface area contributed by atoms with Crippen molar-refractivity contribution in [3.63, 3.8) is 0 Å². The first-order valence-electron chi connectivity index (χ1n) is 27.7. The molecule has 0 saturated heterocycles. The molecule has 0 aromatic heterocycles. The molecule has 1 unspecified atom stereocenters. The van der Waals surface area contributed by atoms with E-state index in [-0.39, 0.29) is 40.6 Å². The van der Waals surface area contributed by atoms with Crippen LogP contribution in [-0.4, -0.2) is 8.07 Å².